The van der Waals surface area contributed by atoms with Crippen molar-refractivity contribution in [1.82, 2.24) is 0 Å². The van der Waals surface area contributed by atoms with Crippen LogP contribution in [0.4, 0.5) is 0 Å². The van der Waals surface area contributed by atoms with Gasteiger partial charge in [0, 0.05) is 0 Å². The van der Waals surface area contributed by atoms with Crippen molar-refractivity contribution in [2.45, 2.75) is 52.6 Å². The molecule has 2 nitrogen and oxygen atoms in total. The van der Waals surface area contributed by atoms with Crippen molar-refractivity contribution >= 4 is 0 Å². The highest BCUT2D eigenvalue weighted by Crippen LogP contribution is 2.24. The molecular weight excluding hydrogens is 210 g/mol. The molecule has 0 saturated heterocycles. The fourth-order valence-corrected chi connectivity index (χ4v) is 2.07. The average Bonchev–Trinajstić information content (AvgIpc) is 2.26. The first kappa shape index (κ1) is 14.0. The summed E-state index contributed by atoms with van der Waals surface area (Å²) in [5.41, 5.74) is 8.20. The highest BCUT2D eigenvalue weighted by molar-refractivity contribution is 5.36. The molecule has 2 heteroatoms. The van der Waals surface area contributed by atoms with Crippen LogP contribution in [0.2, 0.25) is 0 Å². The minimum absolute atomic E-state index is 0.239. The van der Waals surface area contributed by atoms with Crippen LogP contribution in [0, 0.1) is 6.92 Å². The second-order valence-electron chi connectivity index (χ2n) is 5.03. The highest BCUT2D eigenvalue weighted by atomic mass is 16.5. The van der Waals surface area contributed by atoms with Gasteiger partial charge in [-0.2, -0.15) is 0 Å². The molecule has 0 fully saturated rings. The summed E-state index contributed by atoms with van der Waals surface area (Å²) in [6, 6.07) is 6.38. The molecule has 0 amide bonds. The Morgan fingerprint density at radius 2 is 1.94 bits per heavy atom. The number of aryl methyl sites for hydroxylation is 1. The topological polar surface area (TPSA) is 35.2 Å². The van der Waals surface area contributed by atoms with E-state index in [9.17, 15) is 0 Å². The summed E-state index contributed by atoms with van der Waals surface area (Å²) >= 11 is 0. The minimum atomic E-state index is 0.239. The number of ether oxygens (including phenoxy) is 1. The van der Waals surface area contributed by atoms with Crippen LogP contribution in [0.25, 0.3) is 0 Å². The van der Waals surface area contributed by atoms with Gasteiger partial charge in [-0.15, -0.1) is 0 Å². The Bertz CT molecular complexity index is 347. The van der Waals surface area contributed by atoms with Crippen LogP contribution in [-0.4, -0.2) is 12.6 Å². The maximum absolute atomic E-state index is 5.88. The summed E-state index contributed by atoms with van der Waals surface area (Å²) in [6.45, 7) is 9.41. The molecule has 0 aromatic heterocycles. The van der Waals surface area contributed by atoms with Crippen LogP contribution in [-0.2, 0) is 0 Å². The van der Waals surface area contributed by atoms with Crippen LogP contribution in [0.15, 0.2) is 18.2 Å². The molecule has 0 bridgehead atoms. The van der Waals surface area contributed by atoms with Gasteiger partial charge < -0.3 is 10.5 Å². The molecule has 17 heavy (non-hydrogen) atoms. The summed E-state index contributed by atoms with van der Waals surface area (Å²) in [5, 5.41) is 0. The Morgan fingerprint density at radius 1 is 1.24 bits per heavy atom. The highest BCUT2D eigenvalue weighted by Gasteiger charge is 2.07. The van der Waals surface area contributed by atoms with Gasteiger partial charge in [0.2, 0.25) is 0 Å². The molecule has 96 valence electrons. The SMILES string of the molecule is Cc1cc(OC(C)CCCN)ccc1C(C)C. The third-order valence-electron chi connectivity index (χ3n) is 3.02. The van der Waals surface area contributed by atoms with Gasteiger partial charge in [0.25, 0.3) is 0 Å². The van der Waals surface area contributed by atoms with Gasteiger partial charge in [-0.3, -0.25) is 0 Å². The minimum Gasteiger partial charge on any atom is -0.491 e. The summed E-state index contributed by atoms with van der Waals surface area (Å²) in [6.07, 6.45) is 2.27. The summed E-state index contributed by atoms with van der Waals surface area (Å²) in [4.78, 5) is 0. The lowest BCUT2D eigenvalue weighted by Gasteiger charge is -2.16. The van der Waals surface area contributed by atoms with Crippen LogP contribution in [0.5, 0.6) is 5.75 Å². The van der Waals surface area contributed by atoms with Crippen molar-refractivity contribution in [2.75, 3.05) is 6.54 Å². The van der Waals surface area contributed by atoms with Crippen LogP contribution in [0.3, 0.4) is 0 Å². The lowest BCUT2D eigenvalue weighted by atomic mass is 9.98. The Balaban J connectivity index is 2.64. The Kier molecular flexibility index (Phi) is 5.49. The number of hydrogen-bond donors (Lipinski definition) is 1. The van der Waals surface area contributed by atoms with Crippen molar-refractivity contribution < 1.29 is 4.74 Å². The molecule has 0 aliphatic heterocycles. The van der Waals surface area contributed by atoms with Crippen molar-refractivity contribution in [1.29, 1.82) is 0 Å². The molecule has 1 aromatic rings. The van der Waals surface area contributed by atoms with E-state index in [0.717, 1.165) is 25.1 Å². The smallest absolute Gasteiger partial charge is 0.119 e. The number of rotatable bonds is 6. The number of hydrogen-bond acceptors (Lipinski definition) is 2. The van der Waals surface area contributed by atoms with E-state index < -0.39 is 0 Å². The second-order valence-corrected chi connectivity index (χ2v) is 5.03. The third kappa shape index (κ3) is 4.39. The van der Waals surface area contributed by atoms with E-state index in [-0.39, 0.29) is 6.10 Å². The summed E-state index contributed by atoms with van der Waals surface area (Å²) in [7, 11) is 0. The van der Waals surface area contributed by atoms with Crippen LogP contribution < -0.4 is 10.5 Å². The van der Waals surface area contributed by atoms with E-state index >= 15 is 0 Å². The first-order valence-corrected chi connectivity index (χ1v) is 6.52. The molecule has 1 atom stereocenters. The van der Waals surface area contributed by atoms with Crippen molar-refractivity contribution in [3.05, 3.63) is 29.3 Å². The van der Waals surface area contributed by atoms with Gasteiger partial charge in [0.1, 0.15) is 5.75 Å². The van der Waals surface area contributed by atoms with Gasteiger partial charge in [-0.25, -0.2) is 0 Å². The number of nitrogens with two attached hydrogens (primary N) is 1. The maximum atomic E-state index is 5.88. The first-order valence-electron chi connectivity index (χ1n) is 6.52. The van der Waals surface area contributed by atoms with Crippen LogP contribution in [0.1, 0.15) is 50.7 Å². The molecule has 0 spiro atoms. The largest absolute Gasteiger partial charge is 0.491 e. The third-order valence-corrected chi connectivity index (χ3v) is 3.02. The maximum Gasteiger partial charge on any atom is 0.119 e. The fourth-order valence-electron chi connectivity index (χ4n) is 2.07. The second kappa shape index (κ2) is 6.65. The van der Waals surface area contributed by atoms with Gasteiger partial charge in [-0.1, -0.05) is 19.9 Å². The molecule has 1 rings (SSSR count). The summed E-state index contributed by atoms with van der Waals surface area (Å²) < 4.78 is 5.88. The van der Waals surface area contributed by atoms with E-state index in [4.69, 9.17) is 10.5 Å². The average molecular weight is 235 g/mol. The lowest BCUT2D eigenvalue weighted by Crippen LogP contribution is -2.14. The van der Waals surface area contributed by atoms with Gasteiger partial charge in [0.05, 0.1) is 6.10 Å². The Hall–Kier alpha value is -1.02. The van der Waals surface area contributed by atoms with Gasteiger partial charge in [0.15, 0.2) is 0 Å². The van der Waals surface area contributed by atoms with Gasteiger partial charge >= 0.3 is 0 Å². The Morgan fingerprint density at radius 3 is 2.47 bits per heavy atom. The normalized spacial score (nSPS) is 12.8. The first-order chi connectivity index (χ1) is 8.04. The van der Waals surface area contributed by atoms with E-state index in [1.54, 1.807) is 0 Å². The predicted octanol–water partition coefficient (Wildman–Crippen LogP) is 3.62. The molecular formula is C15H25NO. The summed E-state index contributed by atoms with van der Waals surface area (Å²) in [5.74, 6) is 1.54. The fraction of sp³-hybridized carbons (Fsp3) is 0.600. The zero-order valence-electron chi connectivity index (χ0n) is 11.5. The standard InChI is InChI=1S/C15H25NO/c1-11(2)15-8-7-14(10-12(15)3)17-13(4)6-5-9-16/h7-8,10-11,13H,5-6,9,16H2,1-4H3. The zero-order valence-corrected chi connectivity index (χ0v) is 11.5. The van der Waals surface area contributed by atoms with Crippen molar-refractivity contribution in [3.63, 3.8) is 0 Å². The monoisotopic (exact) mass is 235 g/mol. The molecule has 0 aliphatic rings. The molecule has 1 aromatic carbocycles. The zero-order chi connectivity index (χ0) is 12.8. The molecule has 0 saturated carbocycles. The Labute approximate surface area is 105 Å². The van der Waals surface area contributed by atoms with E-state index in [1.807, 2.05) is 0 Å². The molecule has 1 unspecified atom stereocenters. The van der Waals surface area contributed by atoms with E-state index in [2.05, 4.69) is 45.9 Å². The lowest BCUT2D eigenvalue weighted by molar-refractivity contribution is 0.208. The number of benzene rings is 1. The quantitative estimate of drug-likeness (QED) is 0.817. The van der Waals surface area contributed by atoms with E-state index in [1.165, 1.54) is 11.1 Å². The molecule has 2 N–H and O–H groups in total. The van der Waals surface area contributed by atoms with E-state index in [0.29, 0.717) is 5.92 Å². The van der Waals surface area contributed by atoms with Crippen molar-refractivity contribution in [2.24, 2.45) is 5.73 Å². The molecule has 0 radical (unpaired) electrons. The molecule has 0 heterocycles. The van der Waals surface area contributed by atoms with Crippen molar-refractivity contribution in [3.8, 4) is 5.75 Å². The predicted molar refractivity (Wildman–Crippen MR) is 73.6 cm³/mol. The van der Waals surface area contributed by atoms with Gasteiger partial charge in [-0.05, 0) is 62.4 Å². The van der Waals surface area contributed by atoms with Crippen LogP contribution >= 0.6 is 0 Å². The molecule has 0 aliphatic carbocycles.